The molecule has 114 valence electrons. The van der Waals surface area contributed by atoms with Gasteiger partial charge in [-0.1, -0.05) is 6.92 Å². The Labute approximate surface area is 114 Å². The van der Waals surface area contributed by atoms with Gasteiger partial charge in [0.15, 0.2) is 0 Å². The summed E-state index contributed by atoms with van der Waals surface area (Å²) in [5.74, 6) is -1.72. The lowest BCUT2D eigenvalue weighted by Crippen LogP contribution is -2.26. The van der Waals surface area contributed by atoms with Crippen molar-refractivity contribution in [1.82, 2.24) is 5.32 Å². The van der Waals surface area contributed by atoms with E-state index in [1.165, 1.54) is 7.05 Å². The largest absolute Gasteiger partial charge is 0.390 e. The van der Waals surface area contributed by atoms with Crippen molar-refractivity contribution in [1.29, 1.82) is 0 Å². The van der Waals surface area contributed by atoms with Crippen molar-refractivity contribution in [2.24, 2.45) is 0 Å². The van der Waals surface area contributed by atoms with Crippen LogP contribution < -0.4 is 10.2 Å². The predicted octanol–water partition coefficient (Wildman–Crippen LogP) is 3.46. The molecule has 20 heavy (non-hydrogen) atoms. The third-order valence-corrected chi connectivity index (χ3v) is 2.77. The average molecular weight is 296 g/mol. The third kappa shape index (κ3) is 4.96. The summed E-state index contributed by atoms with van der Waals surface area (Å²) in [4.78, 5) is 0.940. The highest BCUT2D eigenvalue weighted by Gasteiger charge is 2.28. The van der Waals surface area contributed by atoms with Crippen molar-refractivity contribution in [3.05, 3.63) is 29.3 Å². The summed E-state index contributed by atoms with van der Waals surface area (Å²) < 4.78 is 64.0. The number of benzene rings is 1. The Morgan fingerprint density at radius 3 is 2.15 bits per heavy atom. The molecular weight excluding hydrogens is 279 g/mol. The summed E-state index contributed by atoms with van der Waals surface area (Å²) in [6.07, 6.45) is -5.48. The lowest BCUT2D eigenvalue weighted by atomic mass is 10.1. The normalized spacial score (nSPS) is 11.8. The maximum absolute atomic E-state index is 13.8. The van der Waals surface area contributed by atoms with E-state index in [1.54, 1.807) is 0 Å². The van der Waals surface area contributed by atoms with Crippen LogP contribution in [-0.2, 0) is 6.54 Å². The molecule has 0 radical (unpaired) electrons. The minimum Gasteiger partial charge on any atom is -0.370 e. The summed E-state index contributed by atoms with van der Waals surface area (Å²) >= 11 is 0. The van der Waals surface area contributed by atoms with Crippen molar-refractivity contribution >= 4 is 5.69 Å². The van der Waals surface area contributed by atoms with E-state index < -0.39 is 36.5 Å². The number of alkyl halides is 3. The molecule has 1 aromatic carbocycles. The number of halogens is 5. The van der Waals surface area contributed by atoms with Crippen LogP contribution in [0.1, 0.15) is 18.9 Å². The van der Waals surface area contributed by atoms with Gasteiger partial charge in [0, 0.05) is 20.1 Å². The molecule has 0 amide bonds. The van der Waals surface area contributed by atoms with Gasteiger partial charge in [0.25, 0.3) is 0 Å². The lowest BCUT2D eigenvalue weighted by molar-refractivity contribution is -0.132. The van der Waals surface area contributed by atoms with E-state index in [-0.39, 0.29) is 0 Å². The fourth-order valence-electron chi connectivity index (χ4n) is 1.76. The molecule has 0 unspecified atom stereocenters. The zero-order valence-electron chi connectivity index (χ0n) is 11.3. The average Bonchev–Trinajstić information content (AvgIpc) is 2.32. The molecule has 0 fully saturated rings. The van der Waals surface area contributed by atoms with Crippen LogP contribution >= 0.6 is 0 Å². The molecule has 0 aliphatic carbocycles. The maximum atomic E-state index is 13.8. The Balaban J connectivity index is 2.84. The number of hydrogen-bond donors (Lipinski definition) is 1. The van der Waals surface area contributed by atoms with Gasteiger partial charge in [0.05, 0.1) is 6.42 Å². The SMILES string of the molecule is CCNCc1cc(F)c(N(C)CCC(F)(F)F)c(F)c1. The molecule has 2 nitrogen and oxygen atoms in total. The van der Waals surface area contributed by atoms with E-state index in [0.717, 1.165) is 17.0 Å². The summed E-state index contributed by atoms with van der Waals surface area (Å²) in [5.41, 5.74) is -0.0238. The first-order valence-corrected chi connectivity index (χ1v) is 6.21. The molecule has 0 bridgehead atoms. The number of nitrogens with one attached hydrogen (secondary N) is 1. The highest BCUT2D eigenvalue weighted by atomic mass is 19.4. The fraction of sp³-hybridized carbons (Fsp3) is 0.538. The van der Waals surface area contributed by atoms with E-state index in [9.17, 15) is 22.0 Å². The number of anilines is 1. The Morgan fingerprint density at radius 1 is 1.15 bits per heavy atom. The quantitative estimate of drug-likeness (QED) is 0.809. The Hall–Kier alpha value is -1.37. The highest BCUT2D eigenvalue weighted by molar-refractivity contribution is 5.50. The monoisotopic (exact) mass is 296 g/mol. The molecule has 0 aliphatic rings. The second kappa shape index (κ2) is 6.88. The van der Waals surface area contributed by atoms with Gasteiger partial charge < -0.3 is 10.2 Å². The first-order chi connectivity index (χ1) is 9.24. The minimum absolute atomic E-state index is 0.302. The number of hydrogen-bond acceptors (Lipinski definition) is 2. The predicted molar refractivity (Wildman–Crippen MR) is 67.7 cm³/mol. The van der Waals surface area contributed by atoms with Crippen LogP contribution in [-0.4, -0.2) is 26.3 Å². The van der Waals surface area contributed by atoms with Crippen LogP contribution in [0.4, 0.5) is 27.6 Å². The summed E-state index contributed by atoms with van der Waals surface area (Å²) in [6, 6.07) is 2.26. The molecule has 0 heterocycles. The third-order valence-electron chi connectivity index (χ3n) is 2.77. The molecule has 0 aromatic heterocycles. The van der Waals surface area contributed by atoms with Crippen molar-refractivity contribution < 1.29 is 22.0 Å². The van der Waals surface area contributed by atoms with Crippen LogP contribution in [0.2, 0.25) is 0 Å². The second-order valence-electron chi connectivity index (χ2n) is 4.48. The van der Waals surface area contributed by atoms with Gasteiger partial charge in [-0.15, -0.1) is 0 Å². The maximum Gasteiger partial charge on any atom is 0.390 e. The summed E-state index contributed by atoms with van der Waals surface area (Å²) in [5, 5.41) is 2.92. The van der Waals surface area contributed by atoms with Crippen LogP contribution in [0.5, 0.6) is 0 Å². The van der Waals surface area contributed by atoms with Crippen molar-refractivity contribution in [3.63, 3.8) is 0 Å². The molecule has 0 saturated heterocycles. The molecule has 0 spiro atoms. The highest BCUT2D eigenvalue weighted by Crippen LogP contribution is 2.26. The topological polar surface area (TPSA) is 15.3 Å². The van der Waals surface area contributed by atoms with Gasteiger partial charge in [-0.25, -0.2) is 8.78 Å². The van der Waals surface area contributed by atoms with Gasteiger partial charge in [0.2, 0.25) is 0 Å². The van der Waals surface area contributed by atoms with Gasteiger partial charge >= 0.3 is 6.18 Å². The van der Waals surface area contributed by atoms with E-state index in [0.29, 0.717) is 18.7 Å². The van der Waals surface area contributed by atoms with E-state index in [2.05, 4.69) is 5.32 Å². The first-order valence-electron chi connectivity index (χ1n) is 6.21. The fourth-order valence-corrected chi connectivity index (χ4v) is 1.76. The zero-order chi connectivity index (χ0) is 15.3. The van der Waals surface area contributed by atoms with Gasteiger partial charge in [-0.05, 0) is 24.2 Å². The Kier molecular flexibility index (Phi) is 5.74. The zero-order valence-corrected chi connectivity index (χ0v) is 11.3. The minimum atomic E-state index is -4.35. The standard InChI is InChI=1S/C13H17F5N2/c1-3-19-8-9-6-10(14)12(11(15)7-9)20(2)5-4-13(16,17)18/h6-7,19H,3-5,8H2,1-2H3. The van der Waals surface area contributed by atoms with Crippen LogP contribution in [0.25, 0.3) is 0 Å². The Morgan fingerprint density at radius 2 is 1.70 bits per heavy atom. The van der Waals surface area contributed by atoms with Crippen molar-refractivity contribution in [2.45, 2.75) is 26.1 Å². The first kappa shape index (κ1) is 16.7. The molecule has 0 aliphatic heterocycles. The molecule has 1 aromatic rings. The molecule has 1 rings (SSSR count). The summed E-state index contributed by atoms with van der Waals surface area (Å²) in [6.45, 7) is 2.31. The lowest BCUT2D eigenvalue weighted by Gasteiger charge is -2.22. The Bertz CT molecular complexity index is 422. The number of rotatable bonds is 6. The molecule has 7 heteroatoms. The molecule has 1 N–H and O–H groups in total. The van der Waals surface area contributed by atoms with Gasteiger partial charge in [-0.3, -0.25) is 0 Å². The van der Waals surface area contributed by atoms with Gasteiger partial charge in [-0.2, -0.15) is 13.2 Å². The second-order valence-corrected chi connectivity index (χ2v) is 4.48. The van der Waals surface area contributed by atoms with Crippen molar-refractivity contribution in [2.75, 3.05) is 25.0 Å². The molecule has 0 atom stereocenters. The van der Waals surface area contributed by atoms with Crippen LogP contribution in [0.3, 0.4) is 0 Å². The van der Waals surface area contributed by atoms with Crippen LogP contribution in [0, 0.1) is 11.6 Å². The van der Waals surface area contributed by atoms with E-state index in [1.807, 2.05) is 6.92 Å². The number of nitrogens with zero attached hydrogens (tertiary/aromatic N) is 1. The van der Waals surface area contributed by atoms with E-state index in [4.69, 9.17) is 0 Å². The summed E-state index contributed by atoms with van der Waals surface area (Å²) in [7, 11) is 1.23. The van der Waals surface area contributed by atoms with Crippen molar-refractivity contribution in [3.8, 4) is 0 Å². The molecule has 0 saturated carbocycles. The van der Waals surface area contributed by atoms with E-state index >= 15 is 0 Å². The smallest absolute Gasteiger partial charge is 0.370 e. The van der Waals surface area contributed by atoms with Crippen LogP contribution in [0.15, 0.2) is 12.1 Å². The molecular formula is C13H17F5N2. The van der Waals surface area contributed by atoms with Gasteiger partial charge in [0.1, 0.15) is 17.3 Å².